The summed E-state index contributed by atoms with van der Waals surface area (Å²) in [6.45, 7) is 5.80. The van der Waals surface area contributed by atoms with Crippen LogP contribution in [0.5, 0.6) is 17.2 Å². The molecule has 156 valence electrons. The molecule has 8 heteroatoms. The average molecular weight is 423 g/mol. The minimum absolute atomic E-state index is 0. The van der Waals surface area contributed by atoms with E-state index in [1.54, 1.807) is 21.3 Å². The Morgan fingerprint density at radius 1 is 0.926 bits per heavy atom. The van der Waals surface area contributed by atoms with Crippen molar-refractivity contribution in [3.63, 3.8) is 0 Å². The summed E-state index contributed by atoms with van der Waals surface area (Å²) in [6.07, 6.45) is 2.15. The first kappa shape index (κ1) is 24.1. The summed E-state index contributed by atoms with van der Waals surface area (Å²) in [5.41, 5.74) is 1.19. The molecule has 27 heavy (non-hydrogen) atoms. The van der Waals surface area contributed by atoms with E-state index in [1.165, 1.54) is 5.56 Å². The van der Waals surface area contributed by atoms with E-state index >= 15 is 0 Å². The number of nitrogens with zero attached hydrogens (tertiary/aromatic N) is 1. The largest absolute Gasteiger partial charge is 0.496 e. The molecule has 1 N–H and O–H groups in total. The number of hydrogen-bond acceptors (Lipinski definition) is 6. The van der Waals surface area contributed by atoms with E-state index in [-0.39, 0.29) is 24.8 Å². The number of nitrogens with one attached hydrogen (secondary N) is 1. The van der Waals surface area contributed by atoms with Gasteiger partial charge in [-0.2, -0.15) is 0 Å². The maximum atomic E-state index is 5.74. The van der Waals surface area contributed by atoms with Crippen molar-refractivity contribution in [2.24, 2.45) is 5.92 Å². The predicted molar refractivity (Wildman–Crippen MR) is 111 cm³/mol. The third-order valence-corrected chi connectivity index (χ3v) is 5.31. The van der Waals surface area contributed by atoms with E-state index in [1.807, 2.05) is 6.07 Å². The van der Waals surface area contributed by atoms with Crippen molar-refractivity contribution in [1.29, 1.82) is 0 Å². The van der Waals surface area contributed by atoms with Gasteiger partial charge in [0.25, 0.3) is 0 Å². The molecule has 2 fully saturated rings. The molecule has 1 aromatic rings. The fraction of sp³-hybridized carbons (Fsp3) is 0.684. The van der Waals surface area contributed by atoms with Crippen LogP contribution in [-0.2, 0) is 4.74 Å². The summed E-state index contributed by atoms with van der Waals surface area (Å²) < 4.78 is 22.4. The first-order chi connectivity index (χ1) is 12.3. The second-order valence-electron chi connectivity index (χ2n) is 6.63. The van der Waals surface area contributed by atoms with Crippen LogP contribution in [0.3, 0.4) is 0 Å². The van der Waals surface area contributed by atoms with Gasteiger partial charge in [0.2, 0.25) is 0 Å². The topological polar surface area (TPSA) is 52.2 Å². The zero-order valence-electron chi connectivity index (χ0n) is 16.4. The highest BCUT2D eigenvalue weighted by atomic mass is 35.5. The van der Waals surface area contributed by atoms with E-state index in [9.17, 15) is 0 Å². The Balaban J connectivity index is 0.00000182. The van der Waals surface area contributed by atoms with E-state index in [2.05, 4.69) is 16.3 Å². The standard InChI is InChI=1S/C19H30N2O4.2ClH/c1-22-16-13-18(24-3)17(23-2)12-15(16)19(14-4-10-25-11-5-14)21-8-6-20-7-9-21;;/h12-14,19-20H,4-11H2,1-3H3;2*1H/t19-;;/m0../s1. The number of methoxy groups -OCH3 is 3. The second kappa shape index (κ2) is 11.8. The van der Waals surface area contributed by atoms with Crippen molar-refractivity contribution in [2.75, 3.05) is 60.7 Å². The van der Waals surface area contributed by atoms with Gasteiger partial charge in [-0.25, -0.2) is 0 Å². The third kappa shape index (κ3) is 5.55. The van der Waals surface area contributed by atoms with Crippen LogP contribution in [0.25, 0.3) is 0 Å². The third-order valence-electron chi connectivity index (χ3n) is 5.31. The molecule has 0 radical (unpaired) electrons. The van der Waals surface area contributed by atoms with Crippen molar-refractivity contribution >= 4 is 24.8 Å². The van der Waals surface area contributed by atoms with Gasteiger partial charge in [0.15, 0.2) is 11.5 Å². The maximum Gasteiger partial charge on any atom is 0.164 e. The fourth-order valence-electron chi connectivity index (χ4n) is 4.02. The maximum absolute atomic E-state index is 5.74. The predicted octanol–water partition coefficient (Wildman–Crippen LogP) is 2.93. The molecule has 1 aromatic carbocycles. The van der Waals surface area contributed by atoms with Crippen LogP contribution in [0.15, 0.2) is 12.1 Å². The highest BCUT2D eigenvalue weighted by molar-refractivity contribution is 5.85. The Hall–Kier alpha value is -0.920. The lowest BCUT2D eigenvalue weighted by molar-refractivity contribution is 0.0205. The summed E-state index contributed by atoms with van der Waals surface area (Å²) in [5, 5.41) is 3.45. The van der Waals surface area contributed by atoms with Gasteiger partial charge in [0, 0.05) is 57.1 Å². The summed E-state index contributed by atoms with van der Waals surface area (Å²) in [5.74, 6) is 2.88. The van der Waals surface area contributed by atoms with Gasteiger partial charge in [-0.15, -0.1) is 24.8 Å². The Morgan fingerprint density at radius 3 is 2.04 bits per heavy atom. The van der Waals surface area contributed by atoms with Crippen LogP contribution in [0.4, 0.5) is 0 Å². The molecular weight excluding hydrogens is 391 g/mol. The van der Waals surface area contributed by atoms with Gasteiger partial charge in [-0.05, 0) is 24.8 Å². The fourth-order valence-corrected chi connectivity index (χ4v) is 4.02. The monoisotopic (exact) mass is 422 g/mol. The number of hydrogen-bond donors (Lipinski definition) is 1. The molecule has 2 saturated heterocycles. The molecular formula is C19H32Cl2N2O4. The van der Waals surface area contributed by atoms with Gasteiger partial charge >= 0.3 is 0 Å². The quantitative estimate of drug-likeness (QED) is 0.760. The van der Waals surface area contributed by atoms with Gasteiger partial charge in [-0.3, -0.25) is 4.90 Å². The molecule has 2 aliphatic rings. The molecule has 0 aromatic heterocycles. The van der Waals surface area contributed by atoms with Crippen molar-refractivity contribution in [3.05, 3.63) is 17.7 Å². The lowest BCUT2D eigenvalue weighted by Gasteiger charge is -2.41. The molecule has 0 amide bonds. The minimum atomic E-state index is 0. The highest BCUT2D eigenvalue weighted by Crippen LogP contribution is 2.44. The average Bonchev–Trinajstić information content (AvgIpc) is 2.69. The summed E-state index contributed by atoms with van der Waals surface area (Å²) >= 11 is 0. The van der Waals surface area contributed by atoms with Gasteiger partial charge in [0.1, 0.15) is 5.75 Å². The normalized spacial score (nSPS) is 19.4. The summed E-state index contributed by atoms with van der Waals surface area (Å²) in [6, 6.07) is 4.35. The molecule has 0 aliphatic carbocycles. The molecule has 1 atom stereocenters. The SMILES string of the molecule is COc1cc(OC)c([C@H](C2CCOCC2)N2CCNCC2)cc1OC.Cl.Cl. The van der Waals surface area contributed by atoms with Crippen LogP contribution in [0, 0.1) is 5.92 Å². The van der Waals surface area contributed by atoms with Crippen LogP contribution in [0.1, 0.15) is 24.4 Å². The molecule has 6 nitrogen and oxygen atoms in total. The van der Waals surface area contributed by atoms with Crippen molar-refractivity contribution in [1.82, 2.24) is 10.2 Å². The molecule has 0 spiro atoms. The Bertz CT molecular complexity index is 547. The zero-order chi connectivity index (χ0) is 17.6. The summed E-state index contributed by atoms with van der Waals surface area (Å²) in [4.78, 5) is 2.58. The lowest BCUT2D eigenvalue weighted by atomic mass is 9.85. The Labute approximate surface area is 174 Å². The molecule has 2 heterocycles. The van der Waals surface area contributed by atoms with Crippen LogP contribution >= 0.6 is 24.8 Å². The van der Waals surface area contributed by atoms with Gasteiger partial charge in [-0.1, -0.05) is 0 Å². The highest BCUT2D eigenvalue weighted by Gasteiger charge is 2.34. The second-order valence-corrected chi connectivity index (χ2v) is 6.63. The lowest BCUT2D eigenvalue weighted by Crippen LogP contribution is -2.47. The van der Waals surface area contributed by atoms with Gasteiger partial charge < -0.3 is 24.3 Å². The molecule has 0 bridgehead atoms. The zero-order valence-corrected chi connectivity index (χ0v) is 18.0. The van der Waals surface area contributed by atoms with E-state index in [0.717, 1.165) is 63.7 Å². The molecule has 2 aliphatic heterocycles. The van der Waals surface area contributed by atoms with Crippen LogP contribution in [-0.4, -0.2) is 65.6 Å². The Kier molecular flexibility index (Phi) is 10.6. The number of piperazine rings is 1. The van der Waals surface area contributed by atoms with Gasteiger partial charge in [0.05, 0.1) is 21.3 Å². The molecule has 0 unspecified atom stereocenters. The smallest absolute Gasteiger partial charge is 0.164 e. The number of halogens is 2. The number of benzene rings is 1. The first-order valence-electron chi connectivity index (χ1n) is 9.11. The van der Waals surface area contributed by atoms with Crippen molar-refractivity contribution < 1.29 is 18.9 Å². The minimum Gasteiger partial charge on any atom is -0.496 e. The van der Waals surface area contributed by atoms with Crippen LogP contribution < -0.4 is 19.5 Å². The molecule has 0 saturated carbocycles. The number of ether oxygens (including phenoxy) is 4. The molecule has 3 rings (SSSR count). The van der Waals surface area contributed by atoms with Crippen molar-refractivity contribution in [3.8, 4) is 17.2 Å². The van der Waals surface area contributed by atoms with E-state index < -0.39 is 0 Å². The van der Waals surface area contributed by atoms with E-state index in [0.29, 0.717) is 17.7 Å². The summed E-state index contributed by atoms with van der Waals surface area (Å²) in [7, 11) is 5.06. The first-order valence-corrected chi connectivity index (χ1v) is 9.11. The van der Waals surface area contributed by atoms with Crippen LogP contribution in [0.2, 0.25) is 0 Å². The van der Waals surface area contributed by atoms with E-state index in [4.69, 9.17) is 18.9 Å². The van der Waals surface area contributed by atoms with Crippen molar-refractivity contribution in [2.45, 2.75) is 18.9 Å². The Morgan fingerprint density at radius 2 is 1.48 bits per heavy atom. The number of rotatable bonds is 6.